The molecule has 2 fully saturated rings. The largest absolute Gasteiger partial charge is 0.374 e. The molecule has 112 valence electrons. The van der Waals surface area contributed by atoms with Gasteiger partial charge in [-0.1, -0.05) is 6.92 Å². The number of nitrogens with zero attached hydrogens (tertiary/aromatic N) is 2. The van der Waals surface area contributed by atoms with E-state index in [-0.39, 0.29) is 0 Å². The maximum atomic E-state index is 5.83. The minimum Gasteiger partial charge on any atom is -0.374 e. The third-order valence-electron chi connectivity index (χ3n) is 4.32. The molecule has 4 nitrogen and oxygen atoms in total. The molecular weight excluding hydrogens is 238 g/mol. The number of morpholine rings is 1. The molecule has 1 saturated carbocycles. The summed E-state index contributed by atoms with van der Waals surface area (Å²) in [4.78, 5) is 5.10. The van der Waals surface area contributed by atoms with E-state index >= 15 is 0 Å². The van der Waals surface area contributed by atoms with Gasteiger partial charge in [-0.2, -0.15) is 0 Å². The molecule has 2 aliphatic rings. The smallest absolute Gasteiger partial charge is 0.0826 e. The molecule has 0 spiro atoms. The molecule has 1 heterocycles. The normalized spacial score (nSPS) is 25.4. The maximum Gasteiger partial charge on any atom is 0.0826 e. The van der Waals surface area contributed by atoms with Crippen LogP contribution in [-0.2, 0) is 4.74 Å². The van der Waals surface area contributed by atoms with E-state index in [2.05, 4.69) is 35.9 Å². The molecule has 0 bridgehead atoms. The summed E-state index contributed by atoms with van der Waals surface area (Å²) in [6.45, 7) is 14.3. The Hall–Kier alpha value is -0.160. The summed E-state index contributed by atoms with van der Waals surface area (Å²) >= 11 is 0. The van der Waals surface area contributed by atoms with Crippen molar-refractivity contribution >= 4 is 0 Å². The summed E-state index contributed by atoms with van der Waals surface area (Å²) in [5, 5.41) is 3.57. The molecule has 1 unspecified atom stereocenters. The van der Waals surface area contributed by atoms with Gasteiger partial charge in [0.15, 0.2) is 0 Å². The van der Waals surface area contributed by atoms with E-state index in [4.69, 9.17) is 4.74 Å². The van der Waals surface area contributed by atoms with E-state index in [0.717, 1.165) is 38.8 Å². The third kappa shape index (κ3) is 5.03. The first-order chi connectivity index (χ1) is 9.20. The SMILES string of the molecule is CCN(CCNCC1CN(C(C)C)CCO1)C1CC1. The Kier molecular flexibility index (Phi) is 6.07. The van der Waals surface area contributed by atoms with E-state index in [9.17, 15) is 0 Å². The van der Waals surface area contributed by atoms with E-state index in [1.807, 2.05) is 0 Å². The molecular formula is C15H31N3O. The van der Waals surface area contributed by atoms with Gasteiger partial charge in [0.05, 0.1) is 12.7 Å². The zero-order chi connectivity index (χ0) is 13.7. The molecule has 0 aromatic carbocycles. The average Bonchev–Trinajstić information content (AvgIpc) is 3.23. The highest BCUT2D eigenvalue weighted by atomic mass is 16.5. The molecule has 0 radical (unpaired) electrons. The summed E-state index contributed by atoms with van der Waals surface area (Å²) < 4.78 is 5.83. The van der Waals surface area contributed by atoms with E-state index in [1.54, 1.807) is 0 Å². The molecule has 1 saturated heterocycles. The molecule has 19 heavy (non-hydrogen) atoms. The molecule has 0 amide bonds. The second kappa shape index (κ2) is 7.58. The van der Waals surface area contributed by atoms with Crippen LogP contribution in [0.1, 0.15) is 33.6 Å². The number of ether oxygens (including phenoxy) is 1. The van der Waals surface area contributed by atoms with Crippen LogP contribution in [-0.4, -0.2) is 73.9 Å². The van der Waals surface area contributed by atoms with Crippen LogP contribution < -0.4 is 5.32 Å². The Morgan fingerprint density at radius 1 is 1.37 bits per heavy atom. The van der Waals surface area contributed by atoms with Gasteiger partial charge in [-0.3, -0.25) is 9.80 Å². The maximum absolute atomic E-state index is 5.83. The van der Waals surface area contributed by atoms with Crippen molar-refractivity contribution in [3.63, 3.8) is 0 Å². The topological polar surface area (TPSA) is 27.7 Å². The Labute approximate surface area is 118 Å². The second-order valence-electron chi connectivity index (χ2n) is 6.15. The monoisotopic (exact) mass is 269 g/mol. The first kappa shape index (κ1) is 15.2. The van der Waals surface area contributed by atoms with E-state index in [0.29, 0.717) is 12.1 Å². The number of nitrogens with one attached hydrogen (secondary N) is 1. The Morgan fingerprint density at radius 3 is 2.79 bits per heavy atom. The van der Waals surface area contributed by atoms with Crippen LogP contribution in [0.3, 0.4) is 0 Å². The fraction of sp³-hybridized carbons (Fsp3) is 1.00. The quantitative estimate of drug-likeness (QED) is 0.670. The summed E-state index contributed by atoms with van der Waals surface area (Å²) in [7, 11) is 0. The lowest BCUT2D eigenvalue weighted by atomic mass is 10.2. The van der Waals surface area contributed by atoms with Crippen LogP contribution in [0.4, 0.5) is 0 Å². The molecule has 2 rings (SSSR count). The third-order valence-corrected chi connectivity index (χ3v) is 4.32. The van der Waals surface area contributed by atoms with Crippen LogP contribution in [0.15, 0.2) is 0 Å². The summed E-state index contributed by atoms with van der Waals surface area (Å²) in [5.74, 6) is 0. The van der Waals surface area contributed by atoms with E-state index in [1.165, 1.54) is 25.9 Å². The molecule has 0 aromatic heterocycles. The first-order valence-corrected chi connectivity index (χ1v) is 8.01. The predicted molar refractivity (Wildman–Crippen MR) is 79.6 cm³/mol. The van der Waals surface area contributed by atoms with Gasteiger partial charge in [-0.05, 0) is 33.2 Å². The van der Waals surface area contributed by atoms with Gasteiger partial charge in [-0.25, -0.2) is 0 Å². The molecule has 1 atom stereocenters. The molecule has 4 heteroatoms. The summed E-state index contributed by atoms with van der Waals surface area (Å²) in [5.41, 5.74) is 0. The number of rotatable bonds is 8. The van der Waals surface area contributed by atoms with Gasteiger partial charge in [-0.15, -0.1) is 0 Å². The Morgan fingerprint density at radius 2 is 2.16 bits per heavy atom. The van der Waals surface area contributed by atoms with Crippen LogP contribution in [0.5, 0.6) is 0 Å². The summed E-state index contributed by atoms with van der Waals surface area (Å²) in [6, 6.07) is 1.52. The molecule has 1 aliphatic heterocycles. The van der Waals surface area contributed by atoms with Crippen LogP contribution in [0.25, 0.3) is 0 Å². The number of likely N-dealkylation sites (N-methyl/N-ethyl adjacent to an activating group) is 1. The zero-order valence-electron chi connectivity index (χ0n) is 12.9. The lowest BCUT2D eigenvalue weighted by molar-refractivity contribution is -0.0372. The first-order valence-electron chi connectivity index (χ1n) is 8.01. The van der Waals surface area contributed by atoms with Crippen molar-refractivity contribution < 1.29 is 4.74 Å². The standard InChI is InChI=1S/C15H31N3O/c1-4-17(14-5-6-14)8-7-16-11-15-12-18(13(2)3)9-10-19-15/h13-16H,4-12H2,1-3H3. The van der Waals surface area contributed by atoms with Crippen molar-refractivity contribution in [1.29, 1.82) is 0 Å². The van der Waals surface area contributed by atoms with Gasteiger partial charge in [0.1, 0.15) is 0 Å². The van der Waals surface area contributed by atoms with Gasteiger partial charge in [0.2, 0.25) is 0 Å². The van der Waals surface area contributed by atoms with Gasteiger partial charge >= 0.3 is 0 Å². The number of hydrogen-bond donors (Lipinski definition) is 1. The van der Waals surface area contributed by atoms with Gasteiger partial charge in [0, 0.05) is 44.8 Å². The highest BCUT2D eigenvalue weighted by Gasteiger charge is 2.27. The van der Waals surface area contributed by atoms with Crippen molar-refractivity contribution in [3.8, 4) is 0 Å². The number of hydrogen-bond acceptors (Lipinski definition) is 4. The highest BCUT2D eigenvalue weighted by Crippen LogP contribution is 2.25. The van der Waals surface area contributed by atoms with Gasteiger partial charge in [0.25, 0.3) is 0 Å². The average molecular weight is 269 g/mol. The highest BCUT2D eigenvalue weighted by molar-refractivity contribution is 4.84. The minimum absolute atomic E-state index is 0.368. The van der Waals surface area contributed by atoms with Crippen LogP contribution in [0.2, 0.25) is 0 Å². The predicted octanol–water partition coefficient (Wildman–Crippen LogP) is 1.17. The fourth-order valence-electron chi connectivity index (χ4n) is 2.86. The zero-order valence-corrected chi connectivity index (χ0v) is 12.9. The lowest BCUT2D eigenvalue weighted by Gasteiger charge is -2.35. The summed E-state index contributed by atoms with van der Waals surface area (Å²) in [6.07, 6.45) is 3.18. The van der Waals surface area contributed by atoms with E-state index < -0.39 is 0 Å². The molecule has 1 aliphatic carbocycles. The van der Waals surface area contributed by atoms with Gasteiger partial charge < -0.3 is 10.1 Å². The van der Waals surface area contributed by atoms with Crippen molar-refractivity contribution in [3.05, 3.63) is 0 Å². The minimum atomic E-state index is 0.368. The van der Waals surface area contributed by atoms with Crippen molar-refractivity contribution in [2.24, 2.45) is 0 Å². The van der Waals surface area contributed by atoms with Crippen LogP contribution in [0, 0.1) is 0 Å². The molecule has 0 aromatic rings. The lowest BCUT2D eigenvalue weighted by Crippen LogP contribution is -2.49. The fourth-order valence-corrected chi connectivity index (χ4v) is 2.86. The van der Waals surface area contributed by atoms with Crippen molar-refractivity contribution in [2.75, 3.05) is 45.9 Å². The Balaban J connectivity index is 1.57. The van der Waals surface area contributed by atoms with Crippen molar-refractivity contribution in [1.82, 2.24) is 15.1 Å². The molecule has 1 N–H and O–H groups in total. The second-order valence-corrected chi connectivity index (χ2v) is 6.15. The van der Waals surface area contributed by atoms with Crippen LogP contribution >= 0.6 is 0 Å². The van der Waals surface area contributed by atoms with Crippen molar-refractivity contribution in [2.45, 2.75) is 51.8 Å². The Bertz CT molecular complexity index is 256.